The number of hydrogen-bond acceptors (Lipinski definition) is 1. The standard InChI is InChI=1S/C9H10N2.C7H8.C2H6/c1-2-11-7-10-8-5-3-4-6-9(8)11;1-7-5-3-2-4-6-7;1-2/h3-7H,2H2,1H3;2-6H,1H3;1-2H3. The maximum atomic E-state index is 4.25. The smallest absolute Gasteiger partial charge is 0.0958 e. The maximum absolute atomic E-state index is 4.25. The Morgan fingerprint density at radius 1 is 0.900 bits per heavy atom. The van der Waals surface area contributed by atoms with Gasteiger partial charge in [-0.2, -0.15) is 0 Å². The number of aryl methyl sites for hydroxylation is 2. The fourth-order valence-corrected chi connectivity index (χ4v) is 1.80. The first-order chi connectivity index (χ1) is 9.81. The van der Waals surface area contributed by atoms with Crippen LogP contribution in [0.2, 0.25) is 0 Å². The first-order valence-corrected chi connectivity index (χ1v) is 7.22. The zero-order chi connectivity index (χ0) is 14.8. The third kappa shape index (κ3) is 4.54. The molecule has 0 aliphatic carbocycles. The minimum Gasteiger partial charge on any atom is -0.331 e. The molecule has 1 heterocycles. The Labute approximate surface area is 122 Å². The summed E-state index contributed by atoms with van der Waals surface area (Å²) in [5.41, 5.74) is 3.62. The summed E-state index contributed by atoms with van der Waals surface area (Å²) in [6, 6.07) is 18.4. The van der Waals surface area contributed by atoms with Crippen molar-refractivity contribution >= 4 is 11.0 Å². The molecule has 2 heteroatoms. The molecule has 0 aliphatic heterocycles. The number of fused-ring (bicyclic) bond motifs is 1. The lowest BCUT2D eigenvalue weighted by Crippen LogP contribution is -1.89. The predicted molar refractivity (Wildman–Crippen MR) is 87.9 cm³/mol. The Morgan fingerprint density at radius 2 is 1.50 bits per heavy atom. The number of nitrogens with zero attached hydrogens (tertiary/aromatic N) is 2. The Balaban J connectivity index is 0.000000193. The van der Waals surface area contributed by atoms with Crippen LogP contribution in [0.5, 0.6) is 0 Å². The van der Waals surface area contributed by atoms with Crippen molar-refractivity contribution in [2.24, 2.45) is 0 Å². The van der Waals surface area contributed by atoms with Gasteiger partial charge in [0.15, 0.2) is 0 Å². The van der Waals surface area contributed by atoms with E-state index in [4.69, 9.17) is 0 Å². The van der Waals surface area contributed by atoms with Crippen LogP contribution < -0.4 is 0 Å². The normalized spacial score (nSPS) is 9.20. The third-order valence-electron chi connectivity index (χ3n) is 2.81. The van der Waals surface area contributed by atoms with Crippen LogP contribution in [-0.2, 0) is 6.54 Å². The summed E-state index contributed by atoms with van der Waals surface area (Å²) < 4.78 is 2.13. The Kier molecular flexibility index (Phi) is 7.12. The minimum absolute atomic E-state index is 0.987. The van der Waals surface area contributed by atoms with Gasteiger partial charge in [-0.15, -0.1) is 0 Å². The number of para-hydroxylation sites is 2. The molecule has 0 saturated heterocycles. The summed E-state index contributed by atoms with van der Waals surface area (Å²) in [6.07, 6.45) is 1.88. The van der Waals surface area contributed by atoms with Crippen molar-refractivity contribution in [2.75, 3.05) is 0 Å². The lowest BCUT2D eigenvalue weighted by molar-refractivity contribution is 0.787. The summed E-state index contributed by atoms with van der Waals surface area (Å²) in [5, 5.41) is 0. The largest absolute Gasteiger partial charge is 0.331 e. The van der Waals surface area contributed by atoms with E-state index in [-0.39, 0.29) is 0 Å². The van der Waals surface area contributed by atoms with Crippen molar-refractivity contribution < 1.29 is 0 Å². The molecule has 106 valence electrons. The molecule has 2 nitrogen and oxygen atoms in total. The number of imidazole rings is 1. The lowest BCUT2D eigenvalue weighted by Gasteiger charge is -1.95. The second kappa shape index (κ2) is 8.92. The van der Waals surface area contributed by atoms with E-state index < -0.39 is 0 Å². The van der Waals surface area contributed by atoms with E-state index >= 15 is 0 Å². The van der Waals surface area contributed by atoms with E-state index in [1.165, 1.54) is 11.1 Å². The topological polar surface area (TPSA) is 17.8 Å². The molecule has 0 spiro atoms. The zero-order valence-electron chi connectivity index (χ0n) is 12.9. The lowest BCUT2D eigenvalue weighted by atomic mass is 10.2. The summed E-state index contributed by atoms with van der Waals surface area (Å²) in [4.78, 5) is 4.25. The van der Waals surface area contributed by atoms with Crippen LogP contribution in [0.1, 0.15) is 26.3 Å². The summed E-state index contributed by atoms with van der Waals surface area (Å²) >= 11 is 0. The molecule has 0 radical (unpaired) electrons. The highest BCUT2D eigenvalue weighted by Gasteiger charge is 1.96. The number of hydrogen-bond donors (Lipinski definition) is 0. The zero-order valence-corrected chi connectivity index (χ0v) is 12.9. The van der Waals surface area contributed by atoms with Crippen LogP contribution in [0.3, 0.4) is 0 Å². The van der Waals surface area contributed by atoms with Gasteiger partial charge in [0.05, 0.1) is 17.4 Å². The van der Waals surface area contributed by atoms with Gasteiger partial charge >= 0.3 is 0 Å². The van der Waals surface area contributed by atoms with Crippen molar-refractivity contribution in [2.45, 2.75) is 34.2 Å². The summed E-state index contributed by atoms with van der Waals surface area (Å²) in [6.45, 7) is 9.19. The van der Waals surface area contributed by atoms with Crippen molar-refractivity contribution in [3.05, 3.63) is 66.5 Å². The van der Waals surface area contributed by atoms with E-state index in [0.717, 1.165) is 12.1 Å². The Hall–Kier alpha value is -2.09. The molecule has 0 atom stereocenters. The van der Waals surface area contributed by atoms with Gasteiger partial charge < -0.3 is 4.57 Å². The van der Waals surface area contributed by atoms with Crippen LogP contribution >= 0.6 is 0 Å². The molecule has 0 saturated carbocycles. The van der Waals surface area contributed by atoms with Gasteiger partial charge in [-0.3, -0.25) is 0 Å². The highest BCUT2D eigenvalue weighted by molar-refractivity contribution is 5.74. The van der Waals surface area contributed by atoms with Gasteiger partial charge in [-0.25, -0.2) is 4.98 Å². The number of benzene rings is 2. The molecule has 3 rings (SSSR count). The molecule has 0 bridgehead atoms. The minimum atomic E-state index is 0.987. The Morgan fingerprint density at radius 3 is 2.05 bits per heavy atom. The monoisotopic (exact) mass is 268 g/mol. The average Bonchev–Trinajstić information content (AvgIpc) is 2.94. The molecule has 0 fully saturated rings. The maximum Gasteiger partial charge on any atom is 0.0958 e. The van der Waals surface area contributed by atoms with Gasteiger partial charge in [0.2, 0.25) is 0 Å². The molecule has 0 N–H and O–H groups in total. The van der Waals surface area contributed by atoms with Crippen molar-refractivity contribution in [1.29, 1.82) is 0 Å². The predicted octanol–water partition coefficient (Wildman–Crippen LogP) is 5.08. The van der Waals surface area contributed by atoms with Gasteiger partial charge in [0.1, 0.15) is 0 Å². The second-order valence-electron chi connectivity index (χ2n) is 4.17. The van der Waals surface area contributed by atoms with Crippen LogP contribution in [0.15, 0.2) is 60.9 Å². The molecule has 1 aromatic heterocycles. The number of rotatable bonds is 1. The van der Waals surface area contributed by atoms with Gasteiger partial charge in [0, 0.05) is 6.54 Å². The van der Waals surface area contributed by atoms with Gasteiger partial charge in [-0.1, -0.05) is 61.9 Å². The first-order valence-electron chi connectivity index (χ1n) is 7.22. The molecule has 3 aromatic rings. The third-order valence-corrected chi connectivity index (χ3v) is 2.81. The SMILES string of the molecule is CC.CCn1cnc2ccccc21.Cc1ccccc1. The van der Waals surface area contributed by atoms with Gasteiger partial charge in [0.25, 0.3) is 0 Å². The number of aromatic nitrogens is 2. The quantitative estimate of drug-likeness (QED) is 0.602. The molecular formula is C18H24N2. The molecule has 0 aliphatic rings. The molecular weight excluding hydrogens is 244 g/mol. The van der Waals surface area contributed by atoms with Crippen LogP contribution in [-0.4, -0.2) is 9.55 Å². The van der Waals surface area contributed by atoms with E-state index in [1.54, 1.807) is 0 Å². The summed E-state index contributed by atoms with van der Waals surface area (Å²) in [7, 11) is 0. The fourth-order valence-electron chi connectivity index (χ4n) is 1.80. The van der Waals surface area contributed by atoms with Crippen molar-refractivity contribution in [3.63, 3.8) is 0 Å². The highest BCUT2D eigenvalue weighted by Crippen LogP contribution is 2.10. The van der Waals surface area contributed by atoms with Crippen molar-refractivity contribution in [1.82, 2.24) is 9.55 Å². The molecule has 0 unspecified atom stereocenters. The fraction of sp³-hybridized carbons (Fsp3) is 0.278. The first kappa shape index (κ1) is 16.0. The van der Waals surface area contributed by atoms with Crippen LogP contribution in [0, 0.1) is 6.92 Å². The Bertz CT molecular complexity index is 597. The van der Waals surface area contributed by atoms with E-state index in [9.17, 15) is 0 Å². The van der Waals surface area contributed by atoms with E-state index in [0.29, 0.717) is 0 Å². The average molecular weight is 268 g/mol. The van der Waals surface area contributed by atoms with Gasteiger partial charge in [-0.05, 0) is 26.0 Å². The van der Waals surface area contributed by atoms with Crippen LogP contribution in [0.4, 0.5) is 0 Å². The highest BCUT2D eigenvalue weighted by atomic mass is 15.0. The van der Waals surface area contributed by atoms with Crippen molar-refractivity contribution in [3.8, 4) is 0 Å². The van der Waals surface area contributed by atoms with E-state index in [2.05, 4.69) is 41.6 Å². The molecule has 2 aromatic carbocycles. The van der Waals surface area contributed by atoms with Crippen LogP contribution in [0.25, 0.3) is 11.0 Å². The molecule has 20 heavy (non-hydrogen) atoms. The van der Waals surface area contributed by atoms with E-state index in [1.807, 2.05) is 56.6 Å². The molecule has 0 amide bonds. The second-order valence-corrected chi connectivity index (χ2v) is 4.17. The summed E-state index contributed by atoms with van der Waals surface area (Å²) in [5.74, 6) is 0.